The Balaban J connectivity index is 1.74. The summed E-state index contributed by atoms with van der Waals surface area (Å²) < 4.78 is 5.38. The fourth-order valence-electron chi connectivity index (χ4n) is 5.01. The standard InChI is InChI=1S/C25H38N2O3/c1-18(2)20-8-7-9-21(19(3)4)24(20)26-22(28)16-25(10-5-6-11-25)17-23(29)27-12-14-30-15-13-27/h7-9,18-19H,5-6,10-17H2,1-4H3,(H,26,28). The molecule has 0 bridgehead atoms. The van der Waals surface area contributed by atoms with Gasteiger partial charge in [0.05, 0.1) is 13.2 Å². The lowest BCUT2D eigenvalue weighted by Crippen LogP contribution is -2.43. The number of carbonyl (C=O) groups excluding carboxylic acids is 2. The fourth-order valence-corrected chi connectivity index (χ4v) is 5.01. The predicted molar refractivity (Wildman–Crippen MR) is 121 cm³/mol. The third kappa shape index (κ3) is 5.42. The number of nitrogens with zero attached hydrogens (tertiary/aromatic N) is 1. The van der Waals surface area contributed by atoms with Gasteiger partial charge >= 0.3 is 0 Å². The number of morpholine rings is 1. The number of benzene rings is 1. The summed E-state index contributed by atoms with van der Waals surface area (Å²) in [5.74, 6) is 0.893. The Morgan fingerprint density at radius 1 is 1.00 bits per heavy atom. The minimum Gasteiger partial charge on any atom is -0.378 e. The molecule has 2 aliphatic rings. The normalized spacial score (nSPS) is 18.8. The van der Waals surface area contributed by atoms with Crippen LogP contribution in [0.25, 0.3) is 0 Å². The second-order valence-corrected chi connectivity index (χ2v) is 9.72. The molecule has 1 N–H and O–H groups in total. The number of amides is 2. The fraction of sp³-hybridized carbons (Fsp3) is 0.680. The zero-order valence-corrected chi connectivity index (χ0v) is 19.1. The Morgan fingerprint density at radius 3 is 2.10 bits per heavy atom. The van der Waals surface area contributed by atoms with E-state index in [1.807, 2.05) is 4.90 Å². The predicted octanol–water partition coefficient (Wildman–Crippen LogP) is 5.07. The molecule has 3 rings (SSSR count). The third-order valence-electron chi connectivity index (χ3n) is 6.73. The van der Waals surface area contributed by atoms with Crippen molar-refractivity contribution in [3.05, 3.63) is 29.3 Å². The minimum atomic E-state index is -0.204. The maximum Gasteiger partial charge on any atom is 0.224 e. The van der Waals surface area contributed by atoms with Crippen LogP contribution in [-0.4, -0.2) is 43.0 Å². The van der Waals surface area contributed by atoms with Crippen LogP contribution in [0.2, 0.25) is 0 Å². The molecule has 30 heavy (non-hydrogen) atoms. The first-order chi connectivity index (χ1) is 14.3. The van der Waals surface area contributed by atoms with Gasteiger partial charge in [-0.15, -0.1) is 0 Å². The largest absolute Gasteiger partial charge is 0.378 e. The average Bonchev–Trinajstić information content (AvgIpc) is 3.16. The van der Waals surface area contributed by atoms with Crippen LogP contribution in [0.15, 0.2) is 18.2 Å². The maximum atomic E-state index is 13.2. The number of anilines is 1. The monoisotopic (exact) mass is 414 g/mol. The molecule has 0 unspecified atom stereocenters. The van der Waals surface area contributed by atoms with Crippen molar-refractivity contribution in [2.75, 3.05) is 31.6 Å². The first kappa shape index (κ1) is 22.8. The Morgan fingerprint density at radius 2 is 1.57 bits per heavy atom. The van der Waals surface area contributed by atoms with Crippen LogP contribution in [-0.2, 0) is 14.3 Å². The number of carbonyl (C=O) groups is 2. The second kappa shape index (κ2) is 9.95. The van der Waals surface area contributed by atoms with E-state index >= 15 is 0 Å². The van der Waals surface area contributed by atoms with Gasteiger partial charge < -0.3 is 15.0 Å². The Bertz CT molecular complexity index is 719. The number of hydrogen-bond donors (Lipinski definition) is 1. The van der Waals surface area contributed by atoms with Gasteiger partial charge in [0.15, 0.2) is 0 Å². The molecule has 1 saturated carbocycles. The van der Waals surface area contributed by atoms with E-state index in [1.165, 1.54) is 11.1 Å². The molecule has 1 aromatic carbocycles. The summed E-state index contributed by atoms with van der Waals surface area (Å²) in [6.07, 6.45) is 5.02. The lowest BCUT2D eigenvalue weighted by Gasteiger charge is -2.33. The van der Waals surface area contributed by atoms with Gasteiger partial charge in [0.2, 0.25) is 11.8 Å². The van der Waals surface area contributed by atoms with Crippen molar-refractivity contribution in [2.45, 2.75) is 78.1 Å². The second-order valence-electron chi connectivity index (χ2n) is 9.72. The maximum absolute atomic E-state index is 13.2. The molecule has 1 saturated heterocycles. The third-order valence-corrected chi connectivity index (χ3v) is 6.73. The highest BCUT2D eigenvalue weighted by molar-refractivity contribution is 5.93. The summed E-state index contributed by atoms with van der Waals surface area (Å²) in [6, 6.07) is 6.30. The lowest BCUT2D eigenvalue weighted by atomic mass is 9.78. The zero-order valence-electron chi connectivity index (χ0n) is 19.1. The van der Waals surface area contributed by atoms with Crippen molar-refractivity contribution >= 4 is 17.5 Å². The summed E-state index contributed by atoms with van der Waals surface area (Å²) in [5, 5.41) is 3.26. The summed E-state index contributed by atoms with van der Waals surface area (Å²) >= 11 is 0. The van der Waals surface area contributed by atoms with Crippen molar-refractivity contribution in [3.63, 3.8) is 0 Å². The van der Waals surface area contributed by atoms with Crippen molar-refractivity contribution < 1.29 is 14.3 Å². The number of rotatable bonds is 7. The number of ether oxygens (including phenoxy) is 1. The molecule has 1 aliphatic carbocycles. The molecule has 2 fully saturated rings. The highest BCUT2D eigenvalue weighted by Gasteiger charge is 2.39. The van der Waals surface area contributed by atoms with E-state index in [4.69, 9.17) is 4.74 Å². The van der Waals surface area contributed by atoms with Crippen molar-refractivity contribution in [3.8, 4) is 0 Å². The molecule has 5 nitrogen and oxygen atoms in total. The lowest BCUT2D eigenvalue weighted by molar-refractivity contribution is -0.138. The number of hydrogen-bond acceptors (Lipinski definition) is 3. The van der Waals surface area contributed by atoms with Gasteiger partial charge in [-0.1, -0.05) is 58.7 Å². The van der Waals surface area contributed by atoms with Crippen LogP contribution in [0.1, 0.15) is 89.2 Å². The Hall–Kier alpha value is -1.88. The molecular formula is C25H38N2O3. The van der Waals surface area contributed by atoms with E-state index in [9.17, 15) is 9.59 Å². The molecule has 0 spiro atoms. The zero-order chi connectivity index (χ0) is 21.7. The Kier molecular flexibility index (Phi) is 7.56. The van der Waals surface area contributed by atoms with Gasteiger partial charge in [-0.2, -0.15) is 0 Å². The van der Waals surface area contributed by atoms with Crippen LogP contribution in [0.5, 0.6) is 0 Å². The topological polar surface area (TPSA) is 58.6 Å². The van der Waals surface area contributed by atoms with Crippen molar-refractivity contribution in [1.29, 1.82) is 0 Å². The van der Waals surface area contributed by atoms with E-state index in [0.29, 0.717) is 51.0 Å². The van der Waals surface area contributed by atoms with Gasteiger partial charge in [-0.25, -0.2) is 0 Å². The van der Waals surface area contributed by atoms with Crippen molar-refractivity contribution in [1.82, 2.24) is 4.90 Å². The van der Waals surface area contributed by atoms with E-state index in [1.54, 1.807) is 0 Å². The highest BCUT2D eigenvalue weighted by Crippen LogP contribution is 2.45. The van der Waals surface area contributed by atoms with Crippen LogP contribution in [0.3, 0.4) is 0 Å². The smallest absolute Gasteiger partial charge is 0.224 e. The van der Waals surface area contributed by atoms with Gasteiger partial charge in [0.25, 0.3) is 0 Å². The molecule has 1 aromatic rings. The van der Waals surface area contributed by atoms with E-state index in [2.05, 4.69) is 51.2 Å². The van der Waals surface area contributed by atoms with Crippen LogP contribution in [0, 0.1) is 5.41 Å². The molecule has 1 aliphatic heterocycles. The quantitative estimate of drug-likeness (QED) is 0.677. The molecule has 166 valence electrons. The van der Waals surface area contributed by atoms with Crippen LogP contribution >= 0.6 is 0 Å². The molecule has 0 atom stereocenters. The Labute approximate surface area is 181 Å². The van der Waals surface area contributed by atoms with Crippen LogP contribution in [0.4, 0.5) is 5.69 Å². The minimum absolute atomic E-state index is 0.0432. The summed E-state index contributed by atoms with van der Waals surface area (Å²) in [4.78, 5) is 28.1. The van der Waals surface area contributed by atoms with E-state index in [-0.39, 0.29) is 17.2 Å². The number of nitrogens with one attached hydrogen (secondary N) is 1. The van der Waals surface area contributed by atoms with Gasteiger partial charge in [-0.3, -0.25) is 9.59 Å². The van der Waals surface area contributed by atoms with Gasteiger partial charge in [0, 0.05) is 31.6 Å². The summed E-state index contributed by atoms with van der Waals surface area (Å²) in [5.41, 5.74) is 3.13. The molecule has 0 radical (unpaired) electrons. The molecule has 5 heteroatoms. The average molecular weight is 415 g/mol. The first-order valence-corrected chi connectivity index (χ1v) is 11.6. The van der Waals surface area contributed by atoms with Crippen molar-refractivity contribution in [2.24, 2.45) is 5.41 Å². The number of para-hydroxylation sites is 1. The van der Waals surface area contributed by atoms with Crippen LogP contribution < -0.4 is 5.32 Å². The van der Waals surface area contributed by atoms with Gasteiger partial charge in [0.1, 0.15) is 0 Å². The summed E-state index contributed by atoms with van der Waals surface area (Å²) in [6.45, 7) is 11.2. The van der Waals surface area contributed by atoms with Gasteiger partial charge in [-0.05, 0) is 41.2 Å². The van der Waals surface area contributed by atoms with E-state index < -0.39 is 0 Å². The van der Waals surface area contributed by atoms with E-state index in [0.717, 1.165) is 31.4 Å². The first-order valence-electron chi connectivity index (χ1n) is 11.6. The SMILES string of the molecule is CC(C)c1cccc(C(C)C)c1NC(=O)CC1(CC(=O)N2CCOCC2)CCCC1. The molecule has 2 amide bonds. The molecule has 1 heterocycles. The highest BCUT2D eigenvalue weighted by atomic mass is 16.5. The molecular weight excluding hydrogens is 376 g/mol. The molecule has 0 aromatic heterocycles. The summed E-state index contributed by atoms with van der Waals surface area (Å²) in [7, 11) is 0.